The second-order valence-electron chi connectivity index (χ2n) is 3.66. The maximum absolute atomic E-state index is 10.9. The van der Waals surface area contributed by atoms with Crippen LogP contribution in [0.3, 0.4) is 0 Å². The molecule has 0 atom stereocenters. The number of amides is 1. The predicted molar refractivity (Wildman–Crippen MR) is 68.2 cm³/mol. The summed E-state index contributed by atoms with van der Waals surface area (Å²) in [5, 5.41) is 3.05. The number of alkyl halides is 1. The molecule has 0 bridgehead atoms. The normalized spacial score (nSPS) is 9.94. The Labute approximate surface area is 104 Å². The van der Waals surface area contributed by atoms with Crippen LogP contribution in [0.1, 0.15) is 11.1 Å². The predicted octanol–water partition coefficient (Wildman–Crippen LogP) is 2.19. The molecule has 0 aliphatic heterocycles. The van der Waals surface area contributed by atoms with Gasteiger partial charge in [0, 0.05) is 0 Å². The highest BCUT2D eigenvalue weighted by atomic mass is 79.9. The van der Waals surface area contributed by atoms with Gasteiger partial charge in [-0.05, 0) is 37.1 Å². The van der Waals surface area contributed by atoms with E-state index >= 15 is 0 Å². The van der Waals surface area contributed by atoms with E-state index < -0.39 is 0 Å². The summed E-state index contributed by atoms with van der Waals surface area (Å²) in [4.78, 5) is 10.9. The van der Waals surface area contributed by atoms with E-state index in [1.807, 2.05) is 26.0 Å². The number of nitrogens with one attached hydrogen (secondary N) is 1. The van der Waals surface area contributed by atoms with E-state index in [2.05, 4.69) is 27.3 Å². The first-order valence-electron chi connectivity index (χ1n) is 5.15. The van der Waals surface area contributed by atoms with E-state index in [1.165, 1.54) is 11.1 Å². The van der Waals surface area contributed by atoms with Crippen LogP contribution in [-0.4, -0.2) is 24.4 Å². The van der Waals surface area contributed by atoms with Crippen LogP contribution in [0.15, 0.2) is 18.2 Å². The Kier molecular flexibility index (Phi) is 5.32. The molecular formula is C12H16BrNO2. The van der Waals surface area contributed by atoms with Crippen LogP contribution in [0, 0.1) is 13.8 Å². The van der Waals surface area contributed by atoms with E-state index in [1.54, 1.807) is 0 Å². The van der Waals surface area contributed by atoms with Crippen molar-refractivity contribution in [3.05, 3.63) is 29.3 Å². The Morgan fingerprint density at radius 2 is 1.94 bits per heavy atom. The van der Waals surface area contributed by atoms with Crippen LogP contribution in [0.4, 0.5) is 0 Å². The largest absolute Gasteiger partial charge is 0.492 e. The molecular weight excluding hydrogens is 270 g/mol. The number of carbonyl (C=O) groups excluding carboxylic acids is 1. The molecule has 0 unspecified atom stereocenters. The minimum absolute atomic E-state index is 0.0241. The van der Waals surface area contributed by atoms with Crippen molar-refractivity contribution >= 4 is 21.8 Å². The van der Waals surface area contributed by atoms with Gasteiger partial charge in [0.2, 0.25) is 5.91 Å². The van der Waals surface area contributed by atoms with Gasteiger partial charge in [-0.1, -0.05) is 22.0 Å². The molecule has 88 valence electrons. The minimum Gasteiger partial charge on any atom is -0.492 e. The van der Waals surface area contributed by atoms with Crippen LogP contribution in [0.5, 0.6) is 5.75 Å². The molecule has 0 aliphatic carbocycles. The number of ether oxygens (including phenoxy) is 1. The average Bonchev–Trinajstić information content (AvgIpc) is 2.22. The highest BCUT2D eigenvalue weighted by Crippen LogP contribution is 2.15. The van der Waals surface area contributed by atoms with Gasteiger partial charge in [-0.2, -0.15) is 0 Å². The summed E-state index contributed by atoms with van der Waals surface area (Å²) < 4.78 is 5.53. The monoisotopic (exact) mass is 285 g/mol. The summed E-state index contributed by atoms with van der Waals surface area (Å²) in [6.07, 6.45) is 0. The first kappa shape index (κ1) is 13.0. The lowest BCUT2D eigenvalue weighted by Gasteiger charge is -2.08. The van der Waals surface area contributed by atoms with Crippen molar-refractivity contribution in [1.29, 1.82) is 0 Å². The van der Waals surface area contributed by atoms with E-state index in [4.69, 9.17) is 4.74 Å². The molecule has 3 nitrogen and oxygen atoms in total. The molecule has 0 heterocycles. The van der Waals surface area contributed by atoms with Gasteiger partial charge in [-0.25, -0.2) is 0 Å². The lowest BCUT2D eigenvalue weighted by Crippen LogP contribution is -2.28. The molecule has 1 aromatic rings. The number of benzene rings is 1. The summed E-state index contributed by atoms with van der Waals surface area (Å²) in [6, 6.07) is 6.07. The summed E-state index contributed by atoms with van der Waals surface area (Å²) in [5.41, 5.74) is 2.36. The van der Waals surface area contributed by atoms with Crippen molar-refractivity contribution in [3.63, 3.8) is 0 Å². The van der Waals surface area contributed by atoms with Crippen molar-refractivity contribution in [2.45, 2.75) is 13.8 Å². The van der Waals surface area contributed by atoms with Gasteiger partial charge in [0.05, 0.1) is 11.9 Å². The van der Waals surface area contributed by atoms with Crippen LogP contribution in [-0.2, 0) is 4.79 Å². The molecule has 1 rings (SSSR count). The van der Waals surface area contributed by atoms with Gasteiger partial charge in [-0.15, -0.1) is 0 Å². The van der Waals surface area contributed by atoms with Gasteiger partial charge in [0.15, 0.2) is 0 Å². The molecule has 0 aromatic heterocycles. The summed E-state index contributed by atoms with van der Waals surface area (Å²) >= 11 is 3.08. The third-order valence-electron chi connectivity index (χ3n) is 2.01. The van der Waals surface area contributed by atoms with E-state index in [0.717, 1.165) is 5.75 Å². The maximum Gasteiger partial charge on any atom is 0.230 e. The first-order valence-corrected chi connectivity index (χ1v) is 6.27. The topological polar surface area (TPSA) is 38.3 Å². The van der Waals surface area contributed by atoms with Crippen LogP contribution < -0.4 is 10.1 Å². The fourth-order valence-corrected chi connectivity index (χ4v) is 1.62. The van der Waals surface area contributed by atoms with Gasteiger partial charge in [-0.3, -0.25) is 4.79 Å². The molecule has 1 N–H and O–H groups in total. The van der Waals surface area contributed by atoms with E-state index in [9.17, 15) is 4.79 Å². The lowest BCUT2D eigenvalue weighted by molar-refractivity contribution is -0.118. The summed E-state index contributed by atoms with van der Waals surface area (Å²) in [7, 11) is 0. The number of hydrogen-bond donors (Lipinski definition) is 1. The quantitative estimate of drug-likeness (QED) is 0.665. The summed E-state index contributed by atoms with van der Waals surface area (Å²) in [5.74, 6) is 0.828. The van der Waals surface area contributed by atoms with Crippen molar-refractivity contribution in [2.75, 3.05) is 18.5 Å². The zero-order valence-electron chi connectivity index (χ0n) is 9.55. The van der Waals surface area contributed by atoms with Crippen molar-refractivity contribution in [3.8, 4) is 5.75 Å². The Morgan fingerprint density at radius 1 is 1.31 bits per heavy atom. The van der Waals surface area contributed by atoms with Gasteiger partial charge < -0.3 is 10.1 Å². The number of carbonyl (C=O) groups is 1. The third kappa shape index (κ3) is 4.66. The molecule has 0 saturated heterocycles. The SMILES string of the molecule is Cc1cc(C)cc(OCCNC(=O)CBr)c1. The Balaban J connectivity index is 2.34. The van der Waals surface area contributed by atoms with Gasteiger partial charge in [0.1, 0.15) is 12.4 Å². The second kappa shape index (κ2) is 6.53. The van der Waals surface area contributed by atoms with Gasteiger partial charge >= 0.3 is 0 Å². The third-order valence-corrected chi connectivity index (χ3v) is 2.52. The fraction of sp³-hybridized carbons (Fsp3) is 0.417. The van der Waals surface area contributed by atoms with Gasteiger partial charge in [0.25, 0.3) is 0 Å². The molecule has 1 amide bonds. The molecule has 0 spiro atoms. The standard InChI is InChI=1S/C12H16BrNO2/c1-9-5-10(2)7-11(6-9)16-4-3-14-12(15)8-13/h5-7H,3-4,8H2,1-2H3,(H,14,15). The Bertz CT molecular complexity index is 346. The van der Waals surface area contributed by atoms with Crippen molar-refractivity contribution in [1.82, 2.24) is 5.32 Å². The lowest BCUT2D eigenvalue weighted by atomic mass is 10.1. The second-order valence-corrected chi connectivity index (χ2v) is 4.22. The highest BCUT2D eigenvalue weighted by molar-refractivity contribution is 9.09. The number of aryl methyl sites for hydroxylation is 2. The van der Waals surface area contributed by atoms with Crippen molar-refractivity contribution in [2.24, 2.45) is 0 Å². The number of halogens is 1. The van der Waals surface area contributed by atoms with Crippen LogP contribution >= 0.6 is 15.9 Å². The Morgan fingerprint density at radius 3 is 2.50 bits per heavy atom. The molecule has 0 saturated carbocycles. The highest BCUT2D eigenvalue weighted by Gasteiger charge is 1.98. The molecule has 0 fully saturated rings. The summed E-state index contributed by atoms with van der Waals surface area (Å²) in [6.45, 7) is 5.08. The zero-order chi connectivity index (χ0) is 12.0. The Hall–Kier alpha value is -1.03. The number of hydrogen-bond acceptors (Lipinski definition) is 2. The number of rotatable bonds is 5. The minimum atomic E-state index is -0.0241. The van der Waals surface area contributed by atoms with Crippen molar-refractivity contribution < 1.29 is 9.53 Å². The fourth-order valence-electron chi connectivity index (χ4n) is 1.42. The van der Waals surface area contributed by atoms with Crippen LogP contribution in [0.25, 0.3) is 0 Å². The average molecular weight is 286 g/mol. The molecule has 4 heteroatoms. The first-order chi connectivity index (χ1) is 7.61. The smallest absolute Gasteiger partial charge is 0.230 e. The van der Waals surface area contributed by atoms with E-state index in [0.29, 0.717) is 18.5 Å². The molecule has 16 heavy (non-hydrogen) atoms. The van der Waals surface area contributed by atoms with Crippen LogP contribution in [0.2, 0.25) is 0 Å². The van der Waals surface area contributed by atoms with E-state index in [-0.39, 0.29) is 5.91 Å². The molecule has 1 aromatic carbocycles. The zero-order valence-corrected chi connectivity index (χ0v) is 11.1. The molecule has 0 aliphatic rings. The molecule has 0 radical (unpaired) electrons. The maximum atomic E-state index is 10.9.